The van der Waals surface area contributed by atoms with E-state index in [9.17, 15) is 0 Å². The van der Waals surface area contributed by atoms with Crippen molar-refractivity contribution in [3.8, 4) is 0 Å². The summed E-state index contributed by atoms with van der Waals surface area (Å²) in [5, 5.41) is 0. The summed E-state index contributed by atoms with van der Waals surface area (Å²) in [5.41, 5.74) is 1.44. The molecule has 0 aromatic rings. The van der Waals surface area contributed by atoms with Gasteiger partial charge in [-0.05, 0) is 6.92 Å². The van der Waals surface area contributed by atoms with Crippen molar-refractivity contribution in [2.24, 2.45) is 0 Å². The highest BCUT2D eigenvalue weighted by molar-refractivity contribution is 5.82. The van der Waals surface area contributed by atoms with Crippen molar-refractivity contribution in [2.45, 2.75) is 13.3 Å². The van der Waals surface area contributed by atoms with Crippen molar-refractivity contribution in [3.05, 3.63) is 0 Å². The topological polar surface area (TPSA) is 12.2 Å². The van der Waals surface area contributed by atoms with Gasteiger partial charge < -0.3 is 4.74 Å². The zero-order valence-corrected chi connectivity index (χ0v) is 6.18. The van der Waals surface area contributed by atoms with Gasteiger partial charge in [-0.2, -0.15) is 0 Å². The Morgan fingerprint density at radius 2 is 2.44 bits per heavy atom. The van der Waals surface area contributed by atoms with Crippen LogP contribution in [0.25, 0.3) is 0 Å². The third-order valence-corrected chi connectivity index (χ3v) is 1.82. The van der Waals surface area contributed by atoms with Crippen LogP contribution in [-0.2, 0) is 4.74 Å². The van der Waals surface area contributed by atoms with Crippen LogP contribution in [0, 0.1) is 0 Å². The first-order valence-corrected chi connectivity index (χ1v) is 3.48. The van der Waals surface area contributed by atoms with Gasteiger partial charge in [0.2, 0.25) is 0 Å². The van der Waals surface area contributed by atoms with E-state index in [1.165, 1.54) is 5.71 Å². The van der Waals surface area contributed by atoms with Gasteiger partial charge in [0.25, 0.3) is 0 Å². The van der Waals surface area contributed by atoms with Gasteiger partial charge in [0.15, 0.2) is 5.71 Å². The van der Waals surface area contributed by atoms with E-state index in [4.69, 9.17) is 4.74 Å². The van der Waals surface area contributed by atoms with Crippen LogP contribution in [-0.4, -0.2) is 37.1 Å². The zero-order valence-electron chi connectivity index (χ0n) is 6.18. The van der Waals surface area contributed by atoms with Crippen LogP contribution in [0.2, 0.25) is 0 Å². The Bertz CT molecular complexity index is 121. The molecule has 0 bridgehead atoms. The minimum atomic E-state index is 0.852. The quantitative estimate of drug-likeness (QED) is 0.469. The Labute approximate surface area is 56.1 Å². The van der Waals surface area contributed by atoms with Gasteiger partial charge in [-0.1, -0.05) is 0 Å². The van der Waals surface area contributed by atoms with E-state index in [1.807, 2.05) is 0 Å². The molecule has 1 rings (SSSR count). The Morgan fingerprint density at radius 1 is 1.67 bits per heavy atom. The second-order valence-electron chi connectivity index (χ2n) is 2.38. The van der Waals surface area contributed by atoms with Crippen LogP contribution in [0.5, 0.6) is 0 Å². The highest BCUT2D eigenvalue weighted by atomic mass is 16.5. The van der Waals surface area contributed by atoms with E-state index in [0.717, 1.165) is 26.2 Å². The Balaban J connectivity index is 2.55. The number of hydrogen-bond acceptors (Lipinski definition) is 1. The van der Waals surface area contributed by atoms with Crippen molar-refractivity contribution in [2.75, 3.05) is 26.8 Å². The summed E-state index contributed by atoms with van der Waals surface area (Å²) < 4.78 is 7.46. The van der Waals surface area contributed by atoms with Gasteiger partial charge in [0.1, 0.15) is 20.2 Å². The molecule has 0 N–H and O–H groups in total. The van der Waals surface area contributed by atoms with E-state index in [1.54, 1.807) is 0 Å². The van der Waals surface area contributed by atoms with Crippen molar-refractivity contribution in [3.63, 3.8) is 0 Å². The molecule has 2 heteroatoms. The average molecular weight is 128 g/mol. The first kappa shape index (κ1) is 6.75. The van der Waals surface area contributed by atoms with Crippen molar-refractivity contribution in [1.29, 1.82) is 0 Å². The lowest BCUT2D eigenvalue weighted by atomic mass is 10.3. The van der Waals surface area contributed by atoms with E-state index >= 15 is 0 Å². The first-order valence-electron chi connectivity index (χ1n) is 3.48. The third-order valence-electron chi connectivity index (χ3n) is 1.82. The SMILES string of the molecule is CC[N+](C)=C1CCOC1. The summed E-state index contributed by atoms with van der Waals surface area (Å²) in [5.74, 6) is 0. The summed E-state index contributed by atoms with van der Waals surface area (Å²) in [4.78, 5) is 0. The summed E-state index contributed by atoms with van der Waals surface area (Å²) in [6.45, 7) is 5.02. The fourth-order valence-corrected chi connectivity index (χ4v) is 0.977. The highest BCUT2D eigenvalue weighted by Gasteiger charge is 2.15. The lowest BCUT2D eigenvalue weighted by Crippen LogP contribution is -2.16. The standard InChI is InChI=1S/C7H14NO/c1-3-8(2)7-4-5-9-6-7/h3-6H2,1-2H3/q+1. The molecule has 1 aliphatic heterocycles. The zero-order chi connectivity index (χ0) is 6.69. The molecule has 0 radical (unpaired) electrons. The highest BCUT2D eigenvalue weighted by Crippen LogP contribution is 1.98. The molecule has 0 aromatic carbocycles. The molecule has 0 saturated carbocycles. The lowest BCUT2D eigenvalue weighted by molar-refractivity contribution is -0.495. The fraction of sp³-hybridized carbons (Fsp3) is 0.857. The molecule has 2 nitrogen and oxygen atoms in total. The minimum absolute atomic E-state index is 0.852. The molecule has 0 amide bonds. The smallest absolute Gasteiger partial charge is 0.180 e. The predicted molar refractivity (Wildman–Crippen MR) is 37.2 cm³/mol. The van der Waals surface area contributed by atoms with Crippen LogP contribution in [0.1, 0.15) is 13.3 Å². The van der Waals surface area contributed by atoms with Gasteiger partial charge >= 0.3 is 0 Å². The predicted octanol–water partition coefficient (Wildman–Crippen LogP) is 0.510. The largest absolute Gasteiger partial charge is 0.370 e. The lowest BCUT2D eigenvalue weighted by Gasteiger charge is -1.93. The third kappa shape index (κ3) is 1.52. The maximum absolute atomic E-state index is 5.20. The first-order chi connectivity index (χ1) is 4.34. The second-order valence-corrected chi connectivity index (χ2v) is 2.38. The monoisotopic (exact) mass is 128 g/mol. The molecule has 0 unspecified atom stereocenters. The fourth-order valence-electron chi connectivity index (χ4n) is 0.977. The molecule has 9 heavy (non-hydrogen) atoms. The molecule has 52 valence electrons. The van der Waals surface area contributed by atoms with Crippen molar-refractivity contribution < 1.29 is 9.31 Å². The van der Waals surface area contributed by atoms with E-state index in [2.05, 4.69) is 18.5 Å². The van der Waals surface area contributed by atoms with Crippen LogP contribution in [0.4, 0.5) is 0 Å². The minimum Gasteiger partial charge on any atom is -0.370 e. The van der Waals surface area contributed by atoms with E-state index in [0.29, 0.717) is 0 Å². The van der Waals surface area contributed by atoms with Crippen LogP contribution in [0.3, 0.4) is 0 Å². The number of hydrogen-bond donors (Lipinski definition) is 0. The summed E-state index contributed by atoms with van der Waals surface area (Å²) >= 11 is 0. The van der Waals surface area contributed by atoms with Crippen LogP contribution < -0.4 is 0 Å². The number of ether oxygens (including phenoxy) is 1. The van der Waals surface area contributed by atoms with Crippen molar-refractivity contribution >= 4 is 5.71 Å². The van der Waals surface area contributed by atoms with E-state index in [-0.39, 0.29) is 0 Å². The molecule has 0 aromatic heterocycles. The molecular weight excluding hydrogens is 114 g/mol. The normalized spacial score (nSPS) is 24.7. The molecule has 1 fully saturated rings. The number of nitrogens with zero attached hydrogens (tertiary/aromatic N) is 1. The molecule has 1 heterocycles. The van der Waals surface area contributed by atoms with Gasteiger partial charge in [-0.15, -0.1) is 0 Å². The van der Waals surface area contributed by atoms with Crippen molar-refractivity contribution in [1.82, 2.24) is 0 Å². The maximum Gasteiger partial charge on any atom is 0.180 e. The van der Waals surface area contributed by atoms with Gasteiger partial charge in [0.05, 0.1) is 13.0 Å². The summed E-state index contributed by atoms with van der Waals surface area (Å²) in [7, 11) is 2.12. The molecule has 0 spiro atoms. The van der Waals surface area contributed by atoms with Gasteiger partial charge in [0, 0.05) is 0 Å². The van der Waals surface area contributed by atoms with E-state index < -0.39 is 0 Å². The van der Waals surface area contributed by atoms with Crippen LogP contribution >= 0.6 is 0 Å². The molecule has 1 aliphatic rings. The second kappa shape index (κ2) is 2.97. The molecule has 1 saturated heterocycles. The van der Waals surface area contributed by atoms with Crippen LogP contribution in [0.15, 0.2) is 0 Å². The Morgan fingerprint density at radius 3 is 2.89 bits per heavy atom. The average Bonchev–Trinajstić information content (AvgIpc) is 2.37. The molecule has 0 atom stereocenters. The Hall–Kier alpha value is -0.370. The number of rotatable bonds is 1. The maximum atomic E-state index is 5.20. The summed E-state index contributed by atoms with van der Waals surface area (Å²) in [6.07, 6.45) is 1.13. The van der Waals surface area contributed by atoms with Gasteiger partial charge in [-0.25, -0.2) is 4.58 Å². The van der Waals surface area contributed by atoms with Gasteiger partial charge in [-0.3, -0.25) is 0 Å². The molecular formula is C7H14NO+. The Kier molecular flexibility index (Phi) is 2.22. The summed E-state index contributed by atoms with van der Waals surface area (Å²) in [6, 6.07) is 0. The molecule has 0 aliphatic carbocycles.